The van der Waals surface area contributed by atoms with E-state index in [1.807, 2.05) is 25.8 Å². The van der Waals surface area contributed by atoms with Crippen LogP contribution in [0.1, 0.15) is 43.1 Å². The number of carbonyl (C=O) groups is 1. The predicted octanol–water partition coefficient (Wildman–Crippen LogP) is 2.58. The van der Waals surface area contributed by atoms with E-state index in [9.17, 15) is 14.0 Å². The Kier molecular flexibility index (Phi) is 5.27. The first kappa shape index (κ1) is 20.1. The molecule has 1 aliphatic rings. The Hall–Kier alpha value is -3.23. The average molecular weight is 412 g/mol. The maximum Gasteiger partial charge on any atom is 0.269 e. The lowest BCUT2D eigenvalue weighted by Crippen LogP contribution is -2.43. The van der Waals surface area contributed by atoms with E-state index in [1.54, 1.807) is 17.2 Å². The van der Waals surface area contributed by atoms with Crippen molar-refractivity contribution in [1.29, 1.82) is 0 Å². The van der Waals surface area contributed by atoms with Gasteiger partial charge in [-0.05, 0) is 38.8 Å². The van der Waals surface area contributed by atoms with Gasteiger partial charge in [-0.25, -0.2) is 14.1 Å². The van der Waals surface area contributed by atoms with Gasteiger partial charge in [-0.3, -0.25) is 9.59 Å². The van der Waals surface area contributed by atoms with Crippen molar-refractivity contribution in [2.24, 2.45) is 0 Å². The maximum atomic E-state index is 14.0. The SMILES string of the molecule is CC(C)N(C)c1cnn(C2CCCN(C(=O)c3cc(F)cc4[nH]cnc34)C2)c(=O)c1. The van der Waals surface area contributed by atoms with Crippen molar-refractivity contribution in [3.63, 3.8) is 0 Å². The van der Waals surface area contributed by atoms with Crippen LogP contribution in [0.15, 0.2) is 35.5 Å². The molecule has 8 nitrogen and oxygen atoms in total. The summed E-state index contributed by atoms with van der Waals surface area (Å²) in [7, 11) is 1.92. The van der Waals surface area contributed by atoms with Gasteiger partial charge in [0.25, 0.3) is 11.5 Å². The summed E-state index contributed by atoms with van der Waals surface area (Å²) in [5.41, 5.74) is 1.71. The number of carbonyl (C=O) groups excluding carboxylic acids is 1. The summed E-state index contributed by atoms with van der Waals surface area (Å²) in [5, 5.41) is 4.37. The second kappa shape index (κ2) is 7.89. The smallest absolute Gasteiger partial charge is 0.269 e. The number of nitrogens with one attached hydrogen (secondary N) is 1. The summed E-state index contributed by atoms with van der Waals surface area (Å²) >= 11 is 0. The van der Waals surface area contributed by atoms with Gasteiger partial charge in [-0.2, -0.15) is 5.10 Å². The number of fused-ring (bicyclic) bond motifs is 1. The van der Waals surface area contributed by atoms with Gasteiger partial charge in [0, 0.05) is 32.2 Å². The van der Waals surface area contributed by atoms with Crippen molar-refractivity contribution in [1.82, 2.24) is 24.6 Å². The number of rotatable bonds is 4. The minimum absolute atomic E-state index is 0.195. The van der Waals surface area contributed by atoms with E-state index >= 15 is 0 Å². The molecule has 2 aromatic heterocycles. The van der Waals surface area contributed by atoms with Crippen molar-refractivity contribution < 1.29 is 9.18 Å². The molecular formula is C21H25FN6O2. The molecule has 1 aromatic carbocycles. The van der Waals surface area contributed by atoms with Gasteiger partial charge in [-0.1, -0.05) is 0 Å². The average Bonchev–Trinajstić information content (AvgIpc) is 3.20. The zero-order valence-electron chi connectivity index (χ0n) is 17.3. The zero-order chi connectivity index (χ0) is 21.4. The molecule has 30 heavy (non-hydrogen) atoms. The third-order valence-corrected chi connectivity index (χ3v) is 5.74. The standard InChI is InChI=1S/C21H25FN6O2/c1-13(2)26(3)16-9-19(29)28(25-10-16)15-5-4-6-27(11-15)21(30)17-7-14(22)8-18-20(17)24-12-23-18/h7-10,12-13,15H,4-6,11H2,1-3H3,(H,23,24). The van der Waals surface area contributed by atoms with Crippen LogP contribution in [-0.4, -0.2) is 56.7 Å². The van der Waals surface area contributed by atoms with Gasteiger partial charge in [0.15, 0.2) is 0 Å². The monoisotopic (exact) mass is 412 g/mol. The molecule has 4 rings (SSSR count). The third-order valence-electron chi connectivity index (χ3n) is 5.74. The Morgan fingerprint density at radius 1 is 1.33 bits per heavy atom. The summed E-state index contributed by atoms with van der Waals surface area (Å²) in [6.07, 6.45) is 4.61. The van der Waals surface area contributed by atoms with Crippen molar-refractivity contribution in [3.05, 3.63) is 52.5 Å². The maximum absolute atomic E-state index is 14.0. The number of halogens is 1. The first-order chi connectivity index (χ1) is 14.3. The summed E-state index contributed by atoms with van der Waals surface area (Å²) in [5.74, 6) is -0.785. The minimum Gasteiger partial charge on any atom is -0.371 e. The number of hydrogen-bond donors (Lipinski definition) is 1. The highest BCUT2D eigenvalue weighted by Crippen LogP contribution is 2.24. The fraction of sp³-hybridized carbons (Fsp3) is 0.429. The van der Waals surface area contributed by atoms with Gasteiger partial charge in [-0.15, -0.1) is 0 Å². The molecule has 0 spiro atoms. The second-order valence-electron chi connectivity index (χ2n) is 8.00. The lowest BCUT2D eigenvalue weighted by Gasteiger charge is -2.33. The molecule has 3 aromatic rings. The number of amides is 1. The molecule has 1 fully saturated rings. The van der Waals surface area contributed by atoms with Crippen LogP contribution in [0.3, 0.4) is 0 Å². The molecule has 9 heteroatoms. The molecule has 1 aliphatic heterocycles. The van der Waals surface area contributed by atoms with Crippen molar-refractivity contribution in [2.45, 2.75) is 38.8 Å². The Bertz CT molecular complexity index is 1140. The number of piperidine rings is 1. The molecule has 0 bridgehead atoms. The molecule has 3 heterocycles. The highest BCUT2D eigenvalue weighted by molar-refractivity contribution is 6.04. The number of hydrogen-bond acceptors (Lipinski definition) is 5. The van der Waals surface area contributed by atoms with Crippen LogP contribution < -0.4 is 10.5 Å². The van der Waals surface area contributed by atoms with E-state index in [1.165, 1.54) is 23.1 Å². The van der Waals surface area contributed by atoms with E-state index in [-0.39, 0.29) is 29.1 Å². The lowest BCUT2D eigenvalue weighted by atomic mass is 10.0. The van der Waals surface area contributed by atoms with Gasteiger partial charge < -0.3 is 14.8 Å². The molecular weight excluding hydrogens is 387 g/mol. The number of likely N-dealkylation sites (tertiary alicyclic amines) is 1. The van der Waals surface area contributed by atoms with Crippen LogP contribution in [0.2, 0.25) is 0 Å². The Balaban J connectivity index is 1.58. The van der Waals surface area contributed by atoms with Crippen molar-refractivity contribution in [2.75, 3.05) is 25.0 Å². The van der Waals surface area contributed by atoms with Crippen LogP contribution in [0.5, 0.6) is 0 Å². The Labute approximate surface area is 173 Å². The van der Waals surface area contributed by atoms with Crippen molar-refractivity contribution in [3.8, 4) is 0 Å². The van der Waals surface area contributed by atoms with E-state index in [4.69, 9.17) is 0 Å². The van der Waals surface area contributed by atoms with E-state index in [0.29, 0.717) is 24.1 Å². The van der Waals surface area contributed by atoms with E-state index < -0.39 is 5.82 Å². The molecule has 1 atom stereocenters. The normalized spacial score (nSPS) is 17.0. The minimum atomic E-state index is -0.494. The first-order valence-electron chi connectivity index (χ1n) is 10.1. The Morgan fingerprint density at radius 3 is 2.87 bits per heavy atom. The number of benzene rings is 1. The zero-order valence-corrected chi connectivity index (χ0v) is 17.3. The molecule has 1 unspecified atom stereocenters. The molecule has 1 amide bonds. The number of aromatic nitrogens is 4. The number of nitrogens with zero attached hydrogens (tertiary/aromatic N) is 5. The van der Waals surface area contributed by atoms with Crippen molar-refractivity contribution >= 4 is 22.6 Å². The number of anilines is 1. The molecule has 0 radical (unpaired) electrons. The number of H-pyrrole nitrogens is 1. The molecule has 1 N–H and O–H groups in total. The van der Waals surface area contributed by atoms with E-state index in [0.717, 1.165) is 18.5 Å². The van der Waals surface area contributed by atoms with Gasteiger partial charge >= 0.3 is 0 Å². The van der Waals surface area contributed by atoms with Gasteiger partial charge in [0.2, 0.25) is 0 Å². The summed E-state index contributed by atoms with van der Waals surface area (Å²) in [6.45, 7) is 4.96. The highest BCUT2D eigenvalue weighted by Gasteiger charge is 2.28. The largest absolute Gasteiger partial charge is 0.371 e. The second-order valence-corrected chi connectivity index (χ2v) is 8.00. The van der Waals surface area contributed by atoms with Crippen LogP contribution in [-0.2, 0) is 0 Å². The molecule has 0 aliphatic carbocycles. The molecule has 0 saturated carbocycles. The predicted molar refractivity (Wildman–Crippen MR) is 112 cm³/mol. The topological polar surface area (TPSA) is 87.1 Å². The molecule has 1 saturated heterocycles. The quantitative estimate of drug-likeness (QED) is 0.712. The summed E-state index contributed by atoms with van der Waals surface area (Å²) < 4.78 is 15.4. The van der Waals surface area contributed by atoms with Crippen LogP contribution in [0.4, 0.5) is 10.1 Å². The lowest BCUT2D eigenvalue weighted by molar-refractivity contribution is 0.0671. The van der Waals surface area contributed by atoms with Crippen LogP contribution in [0.25, 0.3) is 11.0 Å². The van der Waals surface area contributed by atoms with E-state index in [2.05, 4.69) is 15.1 Å². The fourth-order valence-corrected chi connectivity index (χ4v) is 3.86. The molecule has 158 valence electrons. The summed E-state index contributed by atoms with van der Waals surface area (Å²) in [6, 6.07) is 4.13. The highest BCUT2D eigenvalue weighted by atomic mass is 19.1. The Morgan fingerprint density at radius 2 is 2.13 bits per heavy atom. The first-order valence-corrected chi connectivity index (χ1v) is 10.1. The van der Waals surface area contributed by atoms with Gasteiger partial charge in [0.05, 0.1) is 35.3 Å². The third kappa shape index (κ3) is 3.67. The number of aromatic amines is 1. The fourth-order valence-electron chi connectivity index (χ4n) is 3.86. The summed E-state index contributed by atoms with van der Waals surface area (Å²) in [4.78, 5) is 36.5. The van der Waals surface area contributed by atoms with Crippen LogP contribution >= 0.6 is 0 Å². The van der Waals surface area contributed by atoms with Gasteiger partial charge in [0.1, 0.15) is 11.3 Å². The number of imidazole rings is 1. The van der Waals surface area contributed by atoms with Crippen LogP contribution in [0, 0.1) is 5.82 Å².